The molecule has 1 amide bonds. The number of nitrogens with one attached hydrogen (secondary N) is 1. The topological polar surface area (TPSA) is 104 Å². The maximum Gasteiger partial charge on any atom is 0.270 e. The van der Waals surface area contributed by atoms with E-state index in [0.29, 0.717) is 27.9 Å². The first kappa shape index (κ1) is 20.0. The standard InChI is InChI=1S/C20H17N3O5S/c1-27-15-7-8-16(18(11-15)28-2)17-12-29-20(21-17)22-19(24)9-6-13-4-3-5-14(10-13)23(25)26/h3-12H,1-2H3,(H,21,22,24)/b9-6+. The van der Waals surface area contributed by atoms with E-state index in [2.05, 4.69) is 10.3 Å². The third-order valence-electron chi connectivity index (χ3n) is 3.93. The largest absolute Gasteiger partial charge is 0.497 e. The van der Waals surface area contributed by atoms with Gasteiger partial charge in [-0.1, -0.05) is 12.1 Å². The Morgan fingerprint density at radius 1 is 1.21 bits per heavy atom. The van der Waals surface area contributed by atoms with Crippen LogP contribution in [0.4, 0.5) is 10.8 Å². The number of thiazole rings is 1. The predicted molar refractivity (Wildman–Crippen MR) is 111 cm³/mol. The zero-order valence-corrected chi connectivity index (χ0v) is 16.4. The Hall–Kier alpha value is -3.72. The van der Waals surface area contributed by atoms with E-state index in [4.69, 9.17) is 9.47 Å². The van der Waals surface area contributed by atoms with Crippen LogP contribution in [0.2, 0.25) is 0 Å². The van der Waals surface area contributed by atoms with Crippen molar-refractivity contribution in [2.75, 3.05) is 19.5 Å². The monoisotopic (exact) mass is 411 g/mol. The summed E-state index contributed by atoms with van der Waals surface area (Å²) < 4.78 is 10.6. The van der Waals surface area contributed by atoms with E-state index in [1.54, 1.807) is 38.5 Å². The first-order valence-electron chi connectivity index (χ1n) is 8.41. The second-order valence-electron chi connectivity index (χ2n) is 5.78. The summed E-state index contributed by atoms with van der Waals surface area (Å²) in [7, 11) is 3.14. The molecular formula is C20H17N3O5S. The molecule has 3 rings (SSSR count). The van der Waals surface area contributed by atoms with Crippen LogP contribution in [-0.2, 0) is 4.79 Å². The van der Waals surface area contributed by atoms with Gasteiger partial charge in [-0.15, -0.1) is 11.3 Å². The number of non-ortho nitro benzene ring substituents is 1. The molecule has 0 atom stereocenters. The molecule has 148 valence electrons. The van der Waals surface area contributed by atoms with Crippen molar-refractivity contribution in [2.24, 2.45) is 0 Å². The highest BCUT2D eigenvalue weighted by atomic mass is 32.1. The first-order valence-corrected chi connectivity index (χ1v) is 9.29. The molecule has 0 saturated heterocycles. The molecule has 8 nitrogen and oxygen atoms in total. The van der Waals surface area contributed by atoms with Crippen LogP contribution in [0.1, 0.15) is 5.56 Å². The quantitative estimate of drug-likeness (QED) is 0.351. The van der Waals surface area contributed by atoms with E-state index < -0.39 is 4.92 Å². The Bertz CT molecular complexity index is 1080. The van der Waals surface area contributed by atoms with Gasteiger partial charge in [-0.05, 0) is 23.8 Å². The molecule has 2 aromatic carbocycles. The highest BCUT2D eigenvalue weighted by Gasteiger charge is 2.12. The lowest BCUT2D eigenvalue weighted by Crippen LogP contribution is -2.07. The highest BCUT2D eigenvalue weighted by molar-refractivity contribution is 7.14. The summed E-state index contributed by atoms with van der Waals surface area (Å²) in [6, 6.07) is 11.4. The normalized spacial score (nSPS) is 10.7. The lowest BCUT2D eigenvalue weighted by molar-refractivity contribution is -0.384. The molecule has 3 aromatic rings. The number of nitrogens with zero attached hydrogens (tertiary/aromatic N) is 2. The smallest absolute Gasteiger partial charge is 0.270 e. The Morgan fingerprint density at radius 3 is 2.76 bits per heavy atom. The number of hydrogen-bond acceptors (Lipinski definition) is 7. The van der Waals surface area contributed by atoms with Crippen LogP contribution >= 0.6 is 11.3 Å². The molecular weight excluding hydrogens is 394 g/mol. The number of carbonyl (C=O) groups excluding carboxylic acids is 1. The van der Waals surface area contributed by atoms with E-state index in [1.165, 1.54) is 35.6 Å². The Labute approximate surface area is 170 Å². The molecule has 29 heavy (non-hydrogen) atoms. The van der Waals surface area contributed by atoms with Gasteiger partial charge in [0.2, 0.25) is 5.91 Å². The average Bonchev–Trinajstić information content (AvgIpc) is 3.20. The van der Waals surface area contributed by atoms with E-state index in [1.807, 2.05) is 11.4 Å². The van der Waals surface area contributed by atoms with Crippen LogP contribution in [-0.4, -0.2) is 30.0 Å². The fourth-order valence-corrected chi connectivity index (χ4v) is 3.24. The summed E-state index contributed by atoms with van der Waals surface area (Å²) in [4.78, 5) is 26.9. The number of amides is 1. The SMILES string of the molecule is COc1ccc(-c2csc(NC(=O)/C=C/c3cccc([N+](=O)[O-])c3)n2)c(OC)c1. The van der Waals surface area contributed by atoms with E-state index >= 15 is 0 Å². The van der Waals surface area contributed by atoms with Crippen molar-refractivity contribution in [2.45, 2.75) is 0 Å². The van der Waals surface area contributed by atoms with Crippen molar-refractivity contribution in [1.82, 2.24) is 4.98 Å². The zero-order valence-electron chi connectivity index (χ0n) is 15.6. The molecule has 0 fully saturated rings. The molecule has 0 bridgehead atoms. The van der Waals surface area contributed by atoms with Gasteiger partial charge in [-0.25, -0.2) is 4.98 Å². The number of ether oxygens (including phenoxy) is 2. The number of carbonyl (C=O) groups is 1. The van der Waals surface area contributed by atoms with Crippen molar-refractivity contribution < 1.29 is 19.2 Å². The summed E-state index contributed by atoms with van der Waals surface area (Å²) in [6.07, 6.45) is 2.80. The van der Waals surface area contributed by atoms with Crippen molar-refractivity contribution in [3.63, 3.8) is 0 Å². The number of anilines is 1. The van der Waals surface area contributed by atoms with Crippen LogP contribution in [0, 0.1) is 10.1 Å². The van der Waals surface area contributed by atoms with E-state index in [0.717, 1.165) is 5.56 Å². The number of nitro groups is 1. The molecule has 0 aliphatic rings. The second-order valence-corrected chi connectivity index (χ2v) is 6.64. The lowest BCUT2D eigenvalue weighted by atomic mass is 10.1. The number of nitro benzene ring substituents is 1. The van der Waals surface area contributed by atoms with Crippen LogP contribution < -0.4 is 14.8 Å². The zero-order chi connectivity index (χ0) is 20.8. The predicted octanol–water partition coefficient (Wildman–Crippen LogP) is 4.39. The van der Waals surface area contributed by atoms with Gasteiger partial charge in [-0.3, -0.25) is 20.2 Å². The Balaban J connectivity index is 1.71. The highest BCUT2D eigenvalue weighted by Crippen LogP contribution is 2.34. The van der Waals surface area contributed by atoms with Crippen molar-refractivity contribution in [3.05, 3.63) is 69.6 Å². The van der Waals surface area contributed by atoms with Gasteiger partial charge in [0.15, 0.2) is 5.13 Å². The Morgan fingerprint density at radius 2 is 2.03 bits per heavy atom. The molecule has 1 N–H and O–H groups in total. The molecule has 9 heteroatoms. The van der Waals surface area contributed by atoms with Gasteiger partial charge in [-0.2, -0.15) is 0 Å². The maximum absolute atomic E-state index is 12.2. The molecule has 0 radical (unpaired) electrons. The van der Waals surface area contributed by atoms with E-state index in [-0.39, 0.29) is 11.6 Å². The molecule has 0 saturated carbocycles. The molecule has 0 aliphatic heterocycles. The summed E-state index contributed by atoms with van der Waals surface area (Å²) in [5.41, 5.74) is 1.95. The maximum atomic E-state index is 12.2. The molecule has 0 unspecified atom stereocenters. The number of benzene rings is 2. The Kier molecular flexibility index (Phi) is 6.20. The number of methoxy groups -OCH3 is 2. The number of hydrogen-bond donors (Lipinski definition) is 1. The summed E-state index contributed by atoms with van der Waals surface area (Å²) >= 11 is 1.28. The number of aromatic nitrogens is 1. The van der Waals surface area contributed by atoms with Gasteiger partial charge < -0.3 is 9.47 Å². The van der Waals surface area contributed by atoms with Gasteiger partial charge >= 0.3 is 0 Å². The average molecular weight is 411 g/mol. The summed E-state index contributed by atoms with van der Waals surface area (Å²) in [5.74, 6) is 0.887. The third kappa shape index (κ3) is 4.96. The van der Waals surface area contributed by atoms with Crippen LogP contribution in [0.25, 0.3) is 17.3 Å². The minimum atomic E-state index is -0.484. The van der Waals surface area contributed by atoms with Crippen LogP contribution in [0.5, 0.6) is 11.5 Å². The van der Waals surface area contributed by atoms with Crippen molar-refractivity contribution in [1.29, 1.82) is 0 Å². The van der Waals surface area contributed by atoms with Crippen LogP contribution in [0.3, 0.4) is 0 Å². The van der Waals surface area contributed by atoms with Gasteiger partial charge in [0, 0.05) is 35.2 Å². The lowest BCUT2D eigenvalue weighted by Gasteiger charge is -2.08. The van der Waals surface area contributed by atoms with Gasteiger partial charge in [0.1, 0.15) is 11.5 Å². The van der Waals surface area contributed by atoms with Crippen molar-refractivity contribution >= 4 is 34.1 Å². The first-order chi connectivity index (χ1) is 14.0. The molecule has 1 heterocycles. The molecule has 1 aromatic heterocycles. The molecule has 0 aliphatic carbocycles. The van der Waals surface area contributed by atoms with Crippen molar-refractivity contribution in [3.8, 4) is 22.8 Å². The fraction of sp³-hybridized carbons (Fsp3) is 0.100. The summed E-state index contributed by atoms with van der Waals surface area (Å²) in [5, 5.41) is 15.7. The van der Waals surface area contributed by atoms with Crippen LogP contribution in [0.15, 0.2) is 53.9 Å². The third-order valence-corrected chi connectivity index (χ3v) is 4.68. The minimum Gasteiger partial charge on any atom is -0.497 e. The molecule has 0 spiro atoms. The minimum absolute atomic E-state index is 0.0365. The fourth-order valence-electron chi connectivity index (χ4n) is 2.53. The summed E-state index contributed by atoms with van der Waals surface area (Å²) in [6.45, 7) is 0. The number of rotatable bonds is 7. The second kappa shape index (κ2) is 8.98. The van der Waals surface area contributed by atoms with E-state index in [9.17, 15) is 14.9 Å². The van der Waals surface area contributed by atoms with Gasteiger partial charge in [0.05, 0.1) is 24.8 Å². The van der Waals surface area contributed by atoms with Gasteiger partial charge in [0.25, 0.3) is 5.69 Å².